The quantitative estimate of drug-likeness (QED) is 0.571. The molecule has 5 rings (SSSR count). The third-order valence-corrected chi connectivity index (χ3v) is 5.43. The summed E-state index contributed by atoms with van der Waals surface area (Å²) in [6.45, 7) is 0. The van der Waals surface area contributed by atoms with Gasteiger partial charge in [-0.05, 0) is 40.3 Å². The average molecular weight is 297 g/mol. The molecule has 1 N–H and O–H groups in total. The van der Waals surface area contributed by atoms with Crippen molar-refractivity contribution in [3.63, 3.8) is 0 Å². The topological polar surface area (TPSA) is 12.0 Å². The van der Waals surface area contributed by atoms with E-state index in [0.29, 0.717) is 17.9 Å². The molecule has 0 saturated heterocycles. The highest BCUT2D eigenvalue weighted by atomic mass is 15.0. The molecule has 3 atom stereocenters. The zero-order valence-corrected chi connectivity index (χ0v) is 12.9. The minimum absolute atomic E-state index is 0.371. The lowest BCUT2D eigenvalue weighted by molar-refractivity contribution is 0.427. The predicted octanol–water partition coefficient (Wildman–Crippen LogP) is 5.67. The van der Waals surface area contributed by atoms with E-state index in [2.05, 4.69) is 84.2 Å². The van der Waals surface area contributed by atoms with E-state index in [1.807, 2.05) is 0 Å². The van der Waals surface area contributed by atoms with Crippen molar-refractivity contribution in [2.75, 3.05) is 5.32 Å². The summed E-state index contributed by atoms with van der Waals surface area (Å²) in [4.78, 5) is 0. The van der Waals surface area contributed by atoms with Gasteiger partial charge in [0.15, 0.2) is 0 Å². The molecule has 23 heavy (non-hydrogen) atoms. The normalized spacial score (nSPS) is 25.0. The van der Waals surface area contributed by atoms with E-state index >= 15 is 0 Å². The molecule has 0 radical (unpaired) electrons. The third kappa shape index (κ3) is 1.93. The highest BCUT2D eigenvalue weighted by molar-refractivity contribution is 5.86. The molecule has 3 aromatic carbocycles. The number of anilines is 1. The van der Waals surface area contributed by atoms with Crippen LogP contribution in [0.3, 0.4) is 0 Å². The maximum atomic E-state index is 3.84. The van der Waals surface area contributed by atoms with Gasteiger partial charge >= 0.3 is 0 Å². The highest BCUT2D eigenvalue weighted by Gasteiger charge is 2.38. The predicted molar refractivity (Wildman–Crippen MR) is 96.7 cm³/mol. The Hall–Kier alpha value is -2.54. The number of rotatable bonds is 1. The molecule has 3 aromatic rings. The van der Waals surface area contributed by atoms with Gasteiger partial charge in [-0.3, -0.25) is 0 Å². The largest absolute Gasteiger partial charge is 0.378 e. The van der Waals surface area contributed by atoms with Gasteiger partial charge in [0.1, 0.15) is 0 Å². The molecule has 0 aromatic heterocycles. The van der Waals surface area contributed by atoms with Crippen molar-refractivity contribution >= 4 is 16.5 Å². The zero-order valence-electron chi connectivity index (χ0n) is 12.9. The first-order valence-electron chi connectivity index (χ1n) is 8.41. The van der Waals surface area contributed by atoms with Gasteiger partial charge in [-0.15, -0.1) is 0 Å². The van der Waals surface area contributed by atoms with Crippen LogP contribution in [0.4, 0.5) is 5.69 Å². The van der Waals surface area contributed by atoms with Crippen LogP contribution in [-0.2, 0) is 0 Å². The molecule has 1 heteroatoms. The molecule has 1 nitrogen and oxygen atoms in total. The van der Waals surface area contributed by atoms with Gasteiger partial charge in [0.2, 0.25) is 0 Å². The average Bonchev–Trinajstić information content (AvgIpc) is 3.11. The molecule has 0 saturated carbocycles. The van der Waals surface area contributed by atoms with Crippen molar-refractivity contribution in [1.82, 2.24) is 0 Å². The summed E-state index contributed by atoms with van der Waals surface area (Å²) in [5, 5.41) is 6.54. The summed E-state index contributed by atoms with van der Waals surface area (Å²) < 4.78 is 0. The van der Waals surface area contributed by atoms with Crippen molar-refractivity contribution in [3.8, 4) is 0 Å². The molecule has 112 valence electrons. The summed E-state index contributed by atoms with van der Waals surface area (Å²) in [7, 11) is 0. The molecule has 0 bridgehead atoms. The van der Waals surface area contributed by atoms with Crippen LogP contribution in [0, 0.1) is 5.92 Å². The second-order valence-electron chi connectivity index (χ2n) is 6.63. The van der Waals surface area contributed by atoms with E-state index in [1.165, 1.54) is 27.6 Å². The monoisotopic (exact) mass is 297 g/mol. The van der Waals surface area contributed by atoms with Gasteiger partial charge < -0.3 is 5.32 Å². The molecule has 0 fully saturated rings. The van der Waals surface area contributed by atoms with Crippen molar-refractivity contribution < 1.29 is 0 Å². The van der Waals surface area contributed by atoms with Crippen molar-refractivity contribution in [2.45, 2.75) is 18.4 Å². The number of hydrogen-bond acceptors (Lipinski definition) is 1. The van der Waals surface area contributed by atoms with Crippen LogP contribution in [-0.4, -0.2) is 0 Å². The number of fused-ring (bicyclic) bond motifs is 4. The molecule has 3 unspecified atom stereocenters. The maximum absolute atomic E-state index is 3.84. The molecule has 2 aliphatic rings. The fourth-order valence-corrected chi connectivity index (χ4v) is 4.37. The Labute approximate surface area is 136 Å². The highest BCUT2D eigenvalue weighted by Crippen LogP contribution is 2.50. The van der Waals surface area contributed by atoms with Gasteiger partial charge in [-0.25, -0.2) is 0 Å². The van der Waals surface area contributed by atoms with Crippen LogP contribution in [0.25, 0.3) is 10.8 Å². The minimum atomic E-state index is 0.371. The van der Waals surface area contributed by atoms with Crippen LogP contribution >= 0.6 is 0 Å². The summed E-state index contributed by atoms with van der Waals surface area (Å²) in [5.74, 6) is 1.15. The van der Waals surface area contributed by atoms with E-state index in [9.17, 15) is 0 Å². The summed E-state index contributed by atoms with van der Waals surface area (Å²) in [5.41, 5.74) is 4.16. The lowest BCUT2D eigenvalue weighted by Crippen LogP contribution is -2.29. The molecule has 0 spiro atoms. The SMILES string of the molecule is C1=CC2c3ccccc3NC(c3cccc4ccccc34)C2C1. The van der Waals surface area contributed by atoms with E-state index in [0.717, 1.165) is 6.42 Å². The van der Waals surface area contributed by atoms with Crippen LogP contribution < -0.4 is 5.32 Å². The second kappa shape index (κ2) is 4.99. The molecule has 1 heterocycles. The van der Waals surface area contributed by atoms with E-state index in [-0.39, 0.29) is 0 Å². The molecular weight excluding hydrogens is 278 g/mol. The van der Waals surface area contributed by atoms with E-state index in [1.54, 1.807) is 0 Å². The van der Waals surface area contributed by atoms with Crippen LogP contribution in [0.15, 0.2) is 78.9 Å². The first-order valence-corrected chi connectivity index (χ1v) is 8.41. The molecular formula is C22H19N. The fourth-order valence-electron chi connectivity index (χ4n) is 4.37. The number of hydrogen-bond donors (Lipinski definition) is 1. The van der Waals surface area contributed by atoms with Gasteiger partial charge in [-0.2, -0.15) is 0 Å². The summed E-state index contributed by atoms with van der Waals surface area (Å²) >= 11 is 0. The Kier molecular flexibility index (Phi) is 2.81. The van der Waals surface area contributed by atoms with Crippen molar-refractivity contribution in [2.24, 2.45) is 5.92 Å². The Morgan fingerprint density at radius 1 is 0.783 bits per heavy atom. The number of para-hydroxylation sites is 1. The second-order valence-corrected chi connectivity index (χ2v) is 6.63. The first kappa shape index (κ1) is 13.0. The molecule has 0 amide bonds. The summed E-state index contributed by atoms with van der Waals surface area (Å²) in [6, 6.07) is 24.6. The van der Waals surface area contributed by atoms with Gasteiger partial charge in [-0.1, -0.05) is 72.8 Å². The number of allylic oxidation sites excluding steroid dienone is 2. The minimum Gasteiger partial charge on any atom is -0.378 e. The lowest BCUT2D eigenvalue weighted by atomic mass is 9.76. The van der Waals surface area contributed by atoms with Crippen LogP contribution in [0.1, 0.15) is 29.5 Å². The summed E-state index contributed by atoms with van der Waals surface area (Å²) in [6.07, 6.45) is 5.92. The van der Waals surface area contributed by atoms with Gasteiger partial charge in [0.05, 0.1) is 6.04 Å². The molecule has 1 aliphatic carbocycles. The van der Waals surface area contributed by atoms with E-state index in [4.69, 9.17) is 0 Å². The van der Waals surface area contributed by atoms with Gasteiger partial charge in [0, 0.05) is 11.6 Å². The Bertz CT molecular complexity index is 903. The zero-order chi connectivity index (χ0) is 15.2. The number of nitrogens with one attached hydrogen (secondary N) is 1. The lowest BCUT2D eigenvalue weighted by Gasteiger charge is -2.38. The number of benzene rings is 3. The smallest absolute Gasteiger partial charge is 0.0560 e. The maximum Gasteiger partial charge on any atom is 0.0560 e. The van der Waals surface area contributed by atoms with E-state index < -0.39 is 0 Å². The Balaban J connectivity index is 1.69. The fraction of sp³-hybridized carbons (Fsp3) is 0.182. The third-order valence-electron chi connectivity index (χ3n) is 5.43. The van der Waals surface area contributed by atoms with Crippen molar-refractivity contribution in [1.29, 1.82) is 0 Å². The van der Waals surface area contributed by atoms with Crippen molar-refractivity contribution in [3.05, 3.63) is 90.0 Å². The Morgan fingerprint density at radius 3 is 2.57 bits per heavy atom. The van der Waals surface area contributed by atoms with Crippen LogP contribution in [0.2, 0.25) is 0 Å². The van der Waals surface area contributed by atoms with Gasteiger partial charge in [0.25, 0.3) is 0 Å². The Morgan fingerprint density at radius 2 is 1.57 bits per heavy atom. The van der Waals surface area contributed by atoms with Crippen LogP contribution in [0.5, 0.6) is 0 Å². The standard InChI is InChI=1S/C22H19N/c1-2-9-16-15(7-1)8-5-12-19(16)22-20-13-6-11-17(20)18-10-3-4-14-21(18)23-22/h1-12,14,17,20,22-23H,13H2. The first-order chi connectivity index (χ1) is 11.4. The molecule has 1 aliphatic heterocycles.